The molecule has 0 spiro atoms. The summed E-state index contributed by atoms with van der Waals surface area (Å²) in [5, 5.41) is 13.4. The van der Waals surface area contributed by atoms with Crippen LogP contribution in [0.4, 0.5) is 0 Å². The molecule has 148 valence electrons. The molecular formula is C21H20N4O4. The lowest BCUT2D eigenvalue weighted by atomic mass is 10.1. The minimum Gasteiger partial charge on any atom is -0.383 e. The Hall–Kier alpha value is -3.52. The number of fused-ring (bicyclic) bond motifs is 2. The summed E-state index contributed by atoms with van der Waals surface area (Å²) in [6.45, 7) is 0.907. The summed E-state index contributed by atoms with van der Waals surface area (Å²) in [7, 11) is 1.57. The average molecular weight is 392 g/mol. The second kappa shape index (κ2) is 8.24. The number of para-hydroxylation sites is 1. The highest BCUT2D eigenvalue weighted by Crippen LogP contribution is 2.18. The predicted molar refractivity (Wildman–Crippen MR) is 107 cm³/mol. The van der Waals surface area contributed by atoms with Crippen LogP contribution in [0.25, 0.3) is 21.7 Å². The normalized spacial score (nSPS) is 11.2. The highest BCUT2D eigenvalue weighted by molar-refractivity contribution is 5.87. The first-order valence-electron chi connectivity index (χ1n) is 9.25. The molecule has 0 aliphatic heterocycles. The van der Waals surface area contributed by atoms with Crippen molar-refractivity contribution >= 4 is 27.6 Å². The zero-order valence-corrected chi connectivity index (χ0v) is 15.9. The molecule has 0 saturated carbocycles. The summed E-state index contributed by atoms with van der Waals surface area (Å²) in [6, 6.07) is 14.6. The molecule has 0 aliphatic carbocycles. The van der Waals surface area contributed by atoms with Crippen molar-refractivity contribution in [2.75, 3.05) is 13.7 Å². The van der Waals surface area contributed by atoms with E-state index in [0.717, 1.165) is 10.8 Å². The SMILES string of the molecule is COCCn1nc(CNC(=O)Cc2noc3ccccc23)c2ccccc2c1=O. The number of rotatable bonds is 7. The molecule has 2 aromatic heterocycles. The largest absolute Gasteiger partial charge is 0.383 e. The van der Waals surface area contributed by atoms with Gasteiger partial charge in [0.25, 0.3) is 5.56 Å². The minimum absolute atomic E-state index is 0.0955. The lowest BCUT2D eigenvalue weighted by Crippen LogP contribution is -2.30. The van der Waals surface area contributed by atoms with Gasteiger partial charge in [0.1, 0.15) is 5.69 Å². The average Bonchev–Trinajstić information content (AvgIpc) is 3.15. The topological polar surface area (TPSA) is 99.2 Å². The fourth-order valence-corrected chi connectivity index (χ4v) is 3.23. The van der Waals surface area contributed by atoms with Crippen molar-refractivity contribution in [1.82, 2.24) is 20.3 Å². The molecule has 0 bridgehead atoms. The Morgan fingerprint density at radius 1 is 1.07 bits per heavy atom. The van der Waals surface area contributed by atoms with Crippen molar-refractivity contribution in [2.45, 2.75) is 19.5 Å². The molecule has 0 saturated heterocycles. The van der Waals surface area contributed by atoms with Gasteiger partial charge in [-0.25, -0.2) is 4.68 Å². The van der Waals surface area contributed by atoms with E-state index in [1.165, 1.54) is 4.68 Å². The Morgan fingerprint density at radius 2 is 1.79 bits per heavy atom. The number of ether oxygens (including phenoxy) is 1. The number of methoxy groups -OCH3 is 1. The van der Waals surface area contributed by atoms with E-state index in [1.54, 1.807) is 13.2 Å². The summed E-state index contributed by atoms with van der Waals surface area (Å²) >= 11 is 0. The van der Waals surface area contributed by atoms with E-state index in [2.05, 4.69) is 15.6 Å². The van der Waals surface area contributed by atoms with Crippen LogP contribution in [0, 0.1) is 0 Å². The number of carbonyl (C=O) groups excluding carboxylic acids is 1. The summed E-state index contributed by atoms with van der Waals surface area (Å²) in [5.74, 6) is -0.204. The molecule has 8 heteroatoms. The number of amides is 1. The van der Waals surface area contributed by atoms with Crippen molar-refractivity contribution in [3.8, 4) is 0 Å². The van der Waals surface area contributed by atoms with Crippen molar-refractivity contribution < 1.29 is 14.1 Å². The highest BCUT2D eigenvalue weighted by atomic mass is 16.5. The first-order valence-corrected chi connectivity index (χ1v) is 9.25. The van der Waals surface area contributed by atoms with E-state index in [9.17, 15) is 9.59 Å². The van der Waals surface area contributed by atoms with Crippen LogP contribution in [-0.4, -0.2) is 34.6 Å². The first-order chi connectivity index (χ1) is 14.2. The van der Waals surface area contributed by atoms with Gasteiger partial charge in [0.15, 0.2) is 5.58 Å². The molecule has 2 aromatic carbocycles. The van der Waals surface area contributed by atoms with Gasteiger partial charge in [0.2, 0.25) is 5.91 Å². The summed E-state index contributed by atoms with van der Waals surface area (Å²) in [5.41, 5.74) is 1.67. The van der Waals surface area contributed by atoms with Gasteiger partial charge in [-0.05, 0) is 18.2 Å². The number of nitrogens with zero attached hydrogens (tertiary/aromatic N) is 3. The Labute approximate surface area is 166 Å². The molecule has 1 amide bonds. The predicted octanol–water partition coefficient (Wildman–Crippen LogP) is 2.04. The van der Waals surface area contributed by atoms with Gasteiger partial charge >= 0.3 is 0 Å². The third-order valence-electron chi connectivity index (χ3n) is 4.68. The zero-order valence-electron chi connectivity index (χ0n) is 15.9. The highest BCUT2D eigenvalue weighted by Gasteiger charge is 2.14. The summed E-state index contributed by atoms with van der Waals surface area (Å²) < 4.78 is 11.7. The number of hydrogen-bond donors (Lipinski definition) is 1. The second-order valence-electron chi connectivity index (χ2n) is 6.59. The monoisotopic (exact) mass is 392 g/mol. The van der Waals surface area contributed by atoms with Crippen LogP contribution >= 0.6 is 0 Å². The molecule has 0 radical (unpaired) electrons. The lowest BCUT2D eigenvalue weighted by Gasteiger charge is -2.11. The molecule has 1 N–H and O–H groups in total. The standard InChI is InChI=1S/C21H20N4O4/c1-28-11-10-25-21(27)15-7-3-2-6-14(15)18(23-25)13-22-20(26)12-17-16-8-4-5-9-19(16)29-24-17/h2-9H,10-13H2,1H3,(H,22,26). The molecule has 8 nitrogen and oxygen atoms in total. The number of aromatic nitrogens is 3. The fraction of sp³-hybridized carbons (Fsp3) is 0.238. The van der Waals surface area contributed by atoms with Crippen LogP contribution in [0.1, 0.15) is 11.4 Å². The van der Waals surface area contributed by atoms with Crippen LogP contribution in [0.2, 0.25) is 0 Å². The maximum atomic E-state index is 12.6. The van der Waals surface area contributed by atoms with Gasteiger partial charge in [-0.2, -0.15) is 5.10 Å². The van der Waals surface area contributed by atoms with Gasteiger partial charge in [-0.3, -0.25) is 9.59 Å². The lowest BCUT2D eigenvalue weighted by molar-refractivity contribution is -0.120. The van der Waals surface area contributed by atoms with Crippen LogP contribution < -0.4 is 10.9 Å². The Balaban J connectivity index is 1.55. The van der Waals surface area contributed by atoms with E-state index in [1.807, 2.05) is 42.5 Å². The maximum Gasteiger partial charge on any atom is 0.274 e. The third-order valence-corrected chi connectivity index (χ3v) is 4.68. The molecule has 0 atom stereocenters. The molecule has 0 unspecified atom stereocenters. The minimum atomic E-state index is -0.204. The quantitative estimate of drug-likeness (QED) is 0.517. The fourth-order valence-electron chi connectivity index (χ4n) is 3.23. The second-order valence-corrected chi connectivity index (χ2v) is 6.59. The molecule has 0 fully saturated rings. The van der Waals surface area contributed by atoms with Gasteiger partial charge in [0, 0.05) is 17.9 Å². The van der Waals surface area contributed by atoms with Crippen LogP contribution in [0.15, 0.2) is 57.8 Å². The number of benzene rings is 2. The first kappa shape index (κ1) is 18.8. The molecule has 2 heterocycles. The van der Waals surface area contributed by atoms with E-state index in [-0.39, 0.29) is 24.4 Å². The van der Waals surface area contributed by atoms with Crippen molar-refractivity contribution in [3.63, 3.8) is 0 Å². The van der Waals surface area contributed by atoms with Gasteiger partial charge in [-0.1, -0.05) is 35.5 Å². The van der Waals surface area contributed by atoms with Gasteiger partial charge in [0.05, 0.1) is 37.2 Å². The zero-order chi connectivity index (χ0) is 20.2. The Morgan fingerprint density at radius 3 is 2.59 bits per heavy atom. The van der Waals surface area contributed by atoms with Crippen LogP contribution in [-0.2, 0) is 29.0 Å². The van der Waals surface area contributed by atoms with Crippen molar-refractivity contribution in [2.24, 2.45) is 0 Å². The van der Waals surface area contributed by atoms with E-state index in [0.29, 0.717) is 35.5 Å². The molecule has 4 aromatic rings. The van der Waals surface area contributed by atoms with Crippen LogP contribution in [0.3, 0.4) is 0 Å². The number of carbonyl (C=O) groups is 1. The molecule has 29 heavy (non-hydrogen) atoms. The molecule has 0 aliphatic rings. The maximum absolute atomic E-state index is 12.6. The van der Waals surface area contributed by atoms with E-state index in [4.69, 9.17) is 9.26 Å². The molecule has 4 rings (SSSR count). The van der Waals surface area contributed by atoms with Crippen LogP contribution in [0.5, 0.6) is 0 Å². The van der Waals surface area contributed by atoms with E-state index >= 15 is 0 Å². The van der Waals surface area contributed by atoms with Gasteiger partial charge in [-0.15, -0.1) is 0 Å². The Kier molecular flexibility index (Phi) is 5.35. The molecular weight excluding hydrogens is 372 g/mol. The third kappa shape index (κ3) is 3.88. The van der Waals surface area contributed by atoms with Crippen molar-refractivity contribution in [1.29, 1.82) is 0 Å². The number of hydrogen-bond acceptors (Lipinski definition) is 6. The Bertz CT molecular complexity index is 1230. The summed E-state index contributed by atoms with van der Waals surface area (Å²) in [4.78, 5) is 25.1. The van der Waals surface area contributed by atoms with E-state index < -0.39 is 0 Å². The van der Waals surface area contributed by atoms with Gasteiger partial charge < -0.3 is 14.6 Å². The van der Waals surface area contributed by atoms with Crippen molar-refractivity contribution in [3.05, 3.63) is 70.3 Å². The summed E-state index contributed by atoms with van der Waals surface area (Å²) in [6.07, 6.45) is 0.0955. The smallest absolute Gasteiger partial charge is 0.274 e. The number of nitrogens with one attached hydrogen (secondary N) is 1.